The molecular formula is C26H22N2O2. The lowest BCUT2D eigenvalue weighted by Crippen LogP contribution is -1.93. The van der Waals surface area contributed by atoms with Gasteiger partial charge in [0.2, 0.25) is 0 Å². The van der Waals surface area contributed by atoms with Crippen molar-refractivity contribution in [3.63, 3.8) is 0 Å². The van der Waals surface area contributed by atoms with Crippen LogP contribution in [0.5, 0.6) is 11.5 Å². The fourth-order valence-corrected chi connectivity index (χ4v) is 3.35. The second kappa shape index (κ2) is 9.05. The summed E-state index contributed by atoms with van der Waals surface area (Å²) in [4.78, 5) is 8.99. The van der Waals surface area contributed by atoms with Gasteiger partial charge >= 0.3 is 0 Å². The van der Waals surface area contributed by atoms with Crippen molar-refractivity contribution in [2.24, 2.45) is 9.98 Å². The van der Waals surface area contributed by atoms with Gasteiger partial charge in [-0.3, -0.25) is 9.98 Å². The molecule has 0 fully saturated rings. The molecule has 4 nitrogen and oxygen atoms in total. The Balaban J connectivity index is 1.65. The largest absolute Gasteiger partial charge is 0.507 e. The number of rotatable bonds is 6. The van der Waals surface area contributed by atoms with Crippen molar-refractivity contribution in [1.29, 1.82) is 0 Å². The summed E-state index contributed by atoms with van der Waals surface area (Å²) >= 11 is 0. The number of hydrogen-bond acceptors (Lipinski definition) is 4. The van der Waals surface area contributed by atoms with E-state index in [1.165, 1.54) is 0 Å². The quantitative estimate of drug-likeness (QED) is 0.425. The molecule has 0 aromatic heterocycles. The number of hydrogen-bond donors (Lipinski definition) is 2. The monoisotopic (exact) mass is 394 g/mol. The van der Waals surface area contributed by atoms with Crippen LogP contribution in [0.2, 0.25) is 0 Å². The number of aliphatic imine (C=N–C) groups is 2. The van der Waals surface area contributed by atoms with E-state index in [-0.39, 0.29) is 11.5 Å². The number of phenolic OH excluding ortho intramolecular Hbond substituents is 2. The Bertz CT molecular complexity index is 1100. The molecule has 0 amide bonds. The molecule has 4 aromatic rings. The molecule has 4 aromatic carbocycles. The molecule has 0 aliphatic heterocycles. The zero-order chi connectivity index (χ0) is 20.8. The highest BCUT2D eigenvalue weighted by atomic mass is 16.3. The molecule has 0 saturated carbocycles. The third-order valence-corrected chi connectivity index (χ3v) is 4.91. The van der Waals surface area contributed by atoms with Gasteiger partial charge < -0.3 is 10.2 Å². The summed E-state index contributed by atoms with van der Waals surface area (Å²) in [5, 5.41) is 22.4. The lowest BCUT2D eigenvalue weighted by Gasteiger charge is -2.09. The fraction of sp³-hybridized carbons (Fsp3) is 0.0769. The summed E-state index contributed by atoms with van der Waals surface area (Å²) in [5.74, 6) is 0.300. The maximum Gasteiger partial charge on any atom is 0.124 e. The Morgan fingerprint density at radius 2 is 0.933 bits per heavy atom. The average molecular weight is 394 g/mol. The lowest BCUT2D eigenvalue weighted by molar-refractivity contribution is 0.473. The molecule has 0 bridgehead atoms. The fourth-order valence-electron chi connectivity index (χ4n) is 3.35. The third kappa shape index (κ3) is 4.39. The second-order valence-corrected chi connectivity index (χ2v) is 7.00. The van der Waals surface area contributed by atoms with E-state index in [1.807, 2.05) is 60.7 Å². The molecule has 148 valence electrons. The van der Waals surface area contributed by atoms with Crippen molar-refractivity contribution in [3.8, 4) is 11.5 Å². The predicted molar refractivity (Wildman–Crippen MR) is 123 cm³/mol. The van der Waals surface area contributed by atoms with E-state index in [4.69, 9.17) is 0 Å². The van der Waals surface area contributed by atoms with Crippen LogP contribution < -0.4 is 0 Å². The van der Waals surface area contributed by atoms with E-state index in [0.29, 0.717) is 24.2 Å². The number of phenols is 2. The van der Waals surface area contributed by atoms with Crippen LogP contribution in [0.1, 0.15) is 22.3 Å². The van der Waals surface area contributed by atoms with Crippen LogP contribution in [0.15, 0.2) is 94.9 Å². The lowest BCUT2D eigenvalue weighted by atomic mass is 9.99. The first-order valence-electron chi connectivity index (χ1n) is 9.77. The van der Waals surface area contributed by atoms with Gasteiger partial charge in [-0.1, -0.05) is 60.7 Å². The van der Waals surface area contributed by atoms with Gasteiger partial charge in [0.1, 0.15) is 11.5 Å². The highest BCUT2D eigenvalue weighted by Crippen LogP contribution is 2.32. The van der Waals surface area contributed by atoms with Gasteiger partial charge in [-0.15, -0.1) is 0 Å². The minimum absolute atomic E-state index is 0.150. The van der Waals surface area contributed by atoms with Gasteiger partial charge in [-0.25, -0.2) is 0 Å². The molecule has 0 spiro atoms. The summed E-state index contributed by atoms with van der Waals surface area (Å²) in [7, 11) is 0. The van der Waals surface area contributed by atoms with E-state index in [2.05, 4.69) is 9.98 Å². The van der Waals surface area contributed by atoms with Crippen LogP contribution >= 0.6 is 0 Å². The van der Waals surface area contributed by atoms with E-state index >= 15 is 0 Å². The van der Waals surface area contributed by atoms with Crippen molar-refractivity contribution in [1.82, 2.24) is 0 Å². The molecule has 0 aliphatic carbocycles. The molecule has 0 atom stereocenters. The summed E-state index contributed by atoms with van der Waals surface area (Å²) in [6.45, 7) is 1.06. The van der Waals surface area contributed by atoms with Gasteiger partial charge in [0.15, 0.2) is 0 Å². The Morgan fingerprint density at radius 1 is 0.533 bits per heavy atom. The maximum atomic E-state index is 10.4. The highest BCUT2D eigenvalue weighted by Gasteiger charge is 2.10. The van der Waals surface area contributed by atoms with Crippen LogP contribution in [0.4, 0.5) is 0 Å². The van der Waals surface area contributed by atoms with Crippen molar-refractivity contribution in [2.75, 3.05) is 0 Å². The van der Waals surface area contributed by atoms with Crippen LogP contribution in [0.25, 0.3) is 10.8 Å². The van der Waals surface area contributed by atoms with Crippen LogP contribution in [0, 0.1) is 0 Å². The molecule has 0 unspecified atom stereocenters. The number of benzene rings is 4. The minimum Gasteiger partial charge on any atom is -0.507 e. The van der Waals surface area contributed by atoms with Crippen molar-refractivity contribution in [2.45, 2.75) is 13.1 Å². The van der Waals surface area contributed by atoms with Gasteiger partial charge in [-0.2, -0.15) is 0 Å². The van der Waals surface area contributed by atoms with Gasteiger partial charge in [0, 0.05) is 23.6 Å². The first kappa shape index (κ1) is 19.4. The minimum atomic E-state index is 0.150. The van der Waals surface area contributed by atoms with Gasteiger partial charge in [-0.05, 0) is 46.2 Å². The van der Waals surface area contributed by atoms with Gasteiger partial charge in [0.25, 0.3) is 0 Å². The van der Waals surface area contributed by atoms with E-state index in [9.17, 15) is 10.2 Å². The Kier molecular flexibility index (Phi) is 5.85. The average Bonchev–Trinajstić information content (AvgIpc) is 2.78. The molecule has 30 heavy (non-hydrogen) atoms. The highest BCUT2D eigenvalue weighted by molar-refractivity contribution is 6.09. The first-order valence-corrected chi connectivity index (χ1v) is 9.77. The molecule has 0 aliphatic rings. The molecular weight excluding hydrogens is 372 g/mol. The Hall–Kier alpha value is -3.92. The number of nitrogens with zero attached hydrogens (tertiary/aromatic N) is 2. The number of aromatic hydroxyl groups is 2. The maximum absolute atomic E-state index is 10.4. The predicted octanol–water partition coefficient (Wildman–Crippen LogP) is 5.49. The zero-order valence-electron chi connectivity index (χ0n) is 16.4. The number of fused-ring (bicyclic) bond motifs is 1. The van der Waals surface area contributed by atoms with Crippen molar-refractivity contribution >= 4 is 23.2 Å². The summed E-state index contributed by atoms with van der Waals surface area (Å²) in [5.41, 5.74) is 3.45. The Labute approximate surface area is 175 Å². The van der Waals surface area contributed by atoms with E-state index in [1.54, 1.807) is 36.7 Å². The topological polar surface area (TPSA) is 65.2 Å². The van der Waals surface area contributed by atoms with E-state index in [0.717, 1.165) is 21.9 Å². The first-order chi connectivity index (χ1) is 14.7. The van der Waals surface area contributed by atoms with Crippen molar-refractivity contribution in [3.05, 3.63) is 107 Å². The van der Waals surface area contributed by atoms with Crippen LogP contribution in [0.3, 0.4) is 0 Å². The molecule has 4 rings (SSSR count). The standard InChI is InChI=1S/C26H22N2O2/c29-25-13-12-22-21(23(25)17-27-15-19-7-3-1-4-8-19)11-14-26(30)24(22)18-28-16-20-9-5-2-6-10-20/h1-14,17-18,29-30H,15-16H2. The summed E-state index contributed by atoms with van der Waals surface area (Å²) in [6, 6.07) is 26.7. The Morgan fingerprint density at radius 3 is 1.33 bits per heavy atom. The van der Waals surface area contributed by atoms with E-state index < -0.39 is 0 Å². The summed E-state index contributed by atoms with van der Waals surface area (Å²) in [6.07, 6.45) is 3.37. The molecule has 0 saturated heterocycles. The SMILES string of the molecule is Oc1ccc2c(C=NCc3ccccc3)c(O)ccc2c1C=NCc1ccccc1. The zero-order valence-corrected chi connectivity index (χ0v) is 16.4. The molecule has 4 heteroatoms. The molecule has 0 radical (unpaired) electrons. The van der Waals surface area contributed by atoms with Gasteiger partial charge in [0.05, 0.1) is 13.1 Å². The van der Waals surface area contributed by atoms with Crippen molar-refractivity contribution < 1.29 is 10.2 Å². The third-order valence-electron chi connectivity index (χ3n) is 4.91. The van der Waals surface area contributed by atoms with Crippen LogP contribution in [-0.4, -0.2) is 22.6 Å². The second-order valence-electron chi connectivity index (χ2n) is 7.00. The van der Waals surface area contributed by atoms with Crippen LogP contribution in [-0.2, 0) is 13.1 Å². The smallest absolute Gasteiger partial charge is 0.124 e. The summed E-state index contributed by atoms with van der Waals surface area (Å²) < 4.78 is 0. The normalized spacial score (nSPS) is 11.6. The molecule has 0 heterocycles. The molecule has 2 N–H and O–H groups in total.